The van der Waals surface area contributed by atoms with Gasteiger partial charge < -0.3 is 4.74 Å². The van der Waals surface area contributed by atoms with Crippen LogP contribution in [0.25, 0.3) is 0 Å². The van der Waals surface area contributed by atoms with E-state index in [1.807, 2.05) is 6.07 Å². The highest BCUT2D eigenvalue weighted by Gasteiger charge is 2.15. The Morgan fingerprint density at radius 2 is 1.81 bits per heavy atom. The molecule has 0 aliphatic rings. The molecule has 90 valence electrons. The summed E-state index contributed by atoms with van der Waals surface area (Å²) in [6.07, 6.45) is 0. The van der Waals surface area contributed by atoms with Crippen molar-refractivity contribution < 1.29 is 9.13 Å². The lowest BCUT2D eigenvalue weighted by molar-refractivity contribution is 0.269. The maximum Gasteiger partial charge on any atom is 0.127 e. The predicted molar refractivity (Wildman–Crippen MR) is 65.4 cm³/mol. The van der Waals surface area contributed by atoms with Gasteiger partial charge in [-0.2, -0.15) is 0 Å². The number of hydrogen-bond acceptors (Lipinski definition) is 1. The van der Waals surface area contributed by atoms with Crippen molar-refractivity contribution >= 4 is 0 Å². The summed E-state index contributed by atoms with van der Waals surface area (Å²) in [6.45, 7) is 11.0. The second-order valence-electron chi connectivity index (χ2n) is 5.63. The minimum Gasteiger partial charge on any atom is -0.493 e. The number of benzene rings is 1. The highest BCUT2D eigenvalue weighted by atomic mass is 19.1. The Labute approximate surface area is 97.6 Å². The molecule has 0 aliphatic heterocycles. The van der Waals surface area contributed by atoms with Crippen molar-refractivity contribution in [3.8, 4) is 5.75 Å². The number of halogens is 1. The van der Waals surface area contributed by atoms with Gasteiger partial charge in [0.2, 0.25) is 0 Å². The molecule has 1 aromatic rings. The van der Waals surface area contributed by atoms with Gasteiger partial charge in [0.1, 0.15) is 11.6 Å². The summed E-state index contributed by atoms with van der Waals surface area (Å²) in [4.78, 5) is 0. The van der Waals surface area contributed by atoms with Crippen LogP contribution in [0.1, 0.15) is 40.2 Å². The topological polar surface area (TPSA) is 9.23 Å². The molecule has 0 aliphatic carbocycles. The van der Waals surface area contributed by atoms with Crippen LogP contribution in [-0.2, 0) is 5.41 Å². The van der Waals surface area contributed by atoms with E-state index in [0.717, 1.165) is 5.56 Å². The monoisotopic (exact) mass is 224 g/mol. The Hall–Kier alpha value is -1.05. The molecule has 1 aromatic carbocycles. The molecule has 1 nitrogen and oxygen atoms in total. The molecule has 0 fully saturated rings. The van der Waals surface area contributed by atoms with Crippen molar-refractivity contribution in [3.63, 3.8) is 0 Å². The first kappa shape index (κ1) is 13.0. The third-order valence-electron chi connectivity index (χ3n) is 2.32. The van der Waals surface area contributed by atoms with Crippen LogP contribution in [0.5, 0.6) is 5.75 Å². The quantitative estimate of drug-likeness (QED) is 0.749. The summed E-state index contributed by atoms with van der Waals surface area (Å²) in [5.41, 5.74) is 0.907. The van der Waals surface area contributed by atoms with E-state index >= 15 is 0 Å². The molecule has 0 amide bonds. The van der Waals surface area contributed by atoms with E-state index in [2.05, 4.69) is 34.6 Å². The summed E-state index contributed by atoms with van der Waals surface area (Å²) in [6, 6.07) is 4.94. The number of ether oxygens (including phenoxy) is 1. The highest BCUT2D eigenvalue weighted by Crippen LogP contribution is 2.27. The van der Waals surface area contributed by atoms with Crippen LogP contribution in [0.2, 0.25) is 0 Å². The third-order valence-corrected chi connectivity index (χ3v) is 2.32. The average molecular weight is 224 g/mol. The summed E-state index contributed by atoms with van der Waals surface area (Å²) < 4.78 is 18.9. The fraction of sp³-hybridized carbons (Fsp3) is 0.571. The lowest BCUT2D eigenvalue weighted by atomic mass is 9.87. The lowest BCUT2D eigenvalue weighted by Crippen LogP contribution is -2.12. The van der Waals surface area contributed by atoms with Gasteiger partial charge in [0.15, 0.2) is 0 Å². The average Bonchev–Trinajstić information content (AvgIpc) is 2.12. The smallest absolute Gasteiger partial charge is 0.127 e. The normalized spacial score (nSPS) is 11.9. The SMILES string of the molecule is CC(C)COc1cc(F)cc(C(C)(C)C)c1. The van der Waals surface area contributed by atoms with Crippen LogP contribution in [0.3, 0.4) is 0 Å². The first-order chi connectivity index (χ1) is 7.29. The fourth-order valence-corrected chi connectivity index (χ4v) is 1.34. The Morgan fingerprint density at radius 1 is 1.19 bits per heavy atom. The summed E-state index contributed by atoms with van der Waals surface area (Å²) >= 11 is 0. The van der Waals surface area contributed by atoms with E-state index in [0.29, 0.717) is 18.3 Å². The van der Waals surface area contributed by atoms with Gasteiger partial charge in [-0.15, -0.1) is 0 Å². The zero-order chi connectivity index (χ0) is 12.3. The zero-order valence-corrected chi connectivity index (χ0v) is 10.8. The van der Waals surface area contributed by atoms with E-state index in [1.165, 1.54) is 6.07 Å². The molecule has 0 heterocycles. The second-order valence-corrected chi connectivity index (χ2v) is 5.63. The molecule has 16 heavy (non-hydrogen) atoms. The first-order valence-corrected chi connectivity index (χ1v) is 5.73. The van der Waals surface area contributed by atoms with Crippen LogP contribution < -0.4 is 4.74 Å². The van der Waals surface area contributed by atoms with Crippen molar-refractivity contribution in [2.45, 2.75) is 40.0 Å². The number of rotatable bonds is 3. The fourth-order valence-electron chi connectivity index (χ4n) is 1.34. The molecule has 1 rings (SSSR count). The molecule has 0 spiro atoms. The van der Waals surface area contributed by atoms with Crippen molar-refractivity contribution in [2.75, 3.05) is 6.61 Å². The first-order valence-electron chi connectivity index (χ1n) is 5.73. The van der Waals surface area contributed by atoms with Gasteiger partial charge in [0.25, 0.3) is 0 Å². The largest absolute Gasteiger partial charge is 0.493 e. The van der Waals surface area contributed by atoms with Crippen molar-refractivity contribution in [3.05, 3.63) is 29.6 Å². The molecule has 0 N–H and O–H groups in total. The standard InChI is InChI=1S/C14H21FO/c1-10(2)9-16-13-7-11(14(3,4)5)6-12(15)8-13/h6-8,10H,9H2,1-5H3. The molecule has 2 heteroatoms. The molecular formula is C14H21FO. The van der Waals surface area contributed by atoms with E-state index in [-0.39, 0.29) is 11.2 Å². The second kappa shape index (κ2) is 4.86. The third kappa shape index (κ3) is 3.84. The van der Waals surface area contributed by atoms with Crippen molar-refractivity contribution in [1.82, 2.24) is 0 Å². The Morgan fingerprint density at radius 3 is 2.31 bits per heavy atom. The lowest BCUT2D eigenvalue weighted by Gasteiger charge is -2.20. The van der Waals surface area contributed by atoms with E-state index in [9.17, 15) is 4.39 Å². The molecule has 0 radical (unpaired) electrons. The molecule has 0 atom stereocenters. The Bertz CT molecular complexity index is 350. The van der Waals surface area contributed by atoms with Gasteiger partial charge >= 0.3 is 0 Å². The van der Waals surface area contributed by atoms with Crippen LogP contribution in [0, 0.1) is 11.7 Å². The highest BCUT2D eigenvalue weighted by molar-refractivity contribution is 5.33. The maximum atomic E-state index is 13.4. The Balaban J connectivity index is 2.90. The molecule has 0 saturated carbocycles. The zero-order valence-electron chi connectivity index (χ0n) is 10.8. The van der Waals surface area contributed by atoms with E-state index < -0.39 is 0 Å². The van der Waals surface area contributed by atoms with Crippen molar-refractivity contribution in [2.24, 2.45) is 5.92 Å². The Kier molecular flexibility index (Phi) is 3.95. The summed E-state index contributed by atoms with van der Waals surface area (Å²) in [7, 11) is 0. The van der Waals surface area contributed by atoms with Crippen LogP contribution in [0.4, 0.5) is 4.39 Å². The van der Waals surface area contributed by atoms with Gasteiger partial charge in [-0.25, -0.2) is 4.39 Å². The molecular weight excluding hydrogens is 203 g/mol. The van der Waals surface area contributed by atoms with E-state index in [1.54, 1.807) is 6.07 Å². The number of hydrogen-bond donors (Lipinski definition) is 0. The van der Waals surface area contributed by atoms with Gasteiger partial charge in [-0.1, -0.05) is 34.6 Å². The summed E-state index contributed by atoms with van der Waals surface area (Å²) in [5.74, 6) is 0.839. The van der Waals surface area contributed by atoms with E-state index in [4.69, 9.17) is 4.74 Å². The van der Waals surface area contributed by atoms with Crippen molar-refractivity contribution in [1.29, 1.82) is 0 Å². The molecule has 0 saturated heterocycles. The maximum absolute atomic E-state index is 13.4. The van der Waals surface area contributed by atoms with Gasteiger partial charge in [-0.05, 0) is 29.0 Å². The summed E-state index contributed by atoms with van der Waals surface area (Å²) in [5, 5.41) is 0. The molecule has 0 unspecified atom stereocenters. The minimum absolute atomic E-state index is 0.0575. The molecule has 0 bridgehead atoms. The van der Waals surface area contributed by atoms with Crippen LogP contribution in [0.15, 0.2) is 18.2 Å². The van der Waals surface area contributed by atoms with Gasteiger partial charge in [0.05, 0.1) is 6.61 Å². The predicted octanol–water partition coefficient (Wildman–Crippen LogP) is 4.16. The minimum atomic E-state index is -0.230. The molecule has 0 aromatic heterocycles. The van der Waals surface area contributed by atoms with Crippen LogP contribution >= 0.6 is 0 Å². The van der Waals surface area contributed by atoms with Crippen LogP contribution in [-0.4, -0.2) is 6.61 Å². The van der Waals surface area contributed by atoms with Gasteiger partial charge in [0, 0.05) is 6.07 Å². The van der Waals surface area contributed by atoms with Gasteiger partial charge in [-0.3, -0.25) is 0 Å².